The summed E-state index contributed by atoms with van der Waals surface area (Å²) in [6, 6.07) is 0. The van der Waals surface area contributed by atoms with Gasteiger partial charge in [-0.15, -0.1) is 0 Å². The second-order valence-corrected chi connectivity index (χ2v) is 1.50. The first-order valence-corrected chi connectivity index (χ1v) is 1.70. The van der Waals surface area contributed by atoms with Gasteiger partial charge in [-0.2, -0.15) is 20.8 Å². The second kappa shape index (κ2) is 16.1. The van der Waals surface area contributed by atoms with Gasteiger partial charge in [0.15, 0.2) is 0 Å². The maximum Gasteiger partial charge on any atom is 0 e. The predicted octanol–water partition coefficient (Wildman–Crippen LogP) is 1.64. The van der Waals surface area contributed by atoms with Crippen molar-refractivity contribution < 1.29 is 27.3 Å². The quantitative estimate of drug-likeness (QED) is 0.313. The zero-order valence-electron chi connectivity index (χ0n) is 4.73. The molecule has 1 radical (unpaired) electrons. The standard InChI is InChI=1S/C4H9.Co.H2O2/c1-4(2)3;;1-2/h1-3H3;;1-2H/q-1;;. The summed E-state index contributed by atoms with van der Waals surface area (Å²) >= 11 is 0. The minimum atomic E-state index is 0. The Labute approximate surface area is 54.7 Å². The fraction of sp³-hybridized carbons (Fsp3) is 0.750. The Morgan fingerprint density at radius 3 is 1.00 bits per heavy atom. The van der Waals surface area contributed by atoms with Crippen molar-refractivity contribution in [2.45, 2.75) is 20.8 Å². The molecule has 0 heterocycles. The van der Waals surface area contributed by atoms with Crippen LogP contribution < -0.4 is 0 Å². The van der Waals surface area contributed by atoms with Crippen LogP contribution in [-0.4, -0.2) is 10.5 Å². The molecule has 2 nitrogen and oxygen atoms in total. The van der Waals surface area contributed by atoms with E-state index in [1.165, 1.54) is 5.92 Å². The maximum absolute atomic E-state index is 6.00. The number of hydrogen-bond acceptors (Lipinski definition) is 2. The molecule has 0 saturated heterocycles. The molecule has 49 valence electrons. The van der Waals surface area contributed by atoms with E-state index >= 15 is 0 Å². The van der Waals surface area contributed by atoms with Crippen molar-refractivity contribution in [1.29, 1.82) is 0 Å². The Morgan fingerprint density at radius 2 is 1.00 bits per heavy atom. The Hall–Kier alpha value is 0.426. The zero-order valence-corrected chi connectivity index (χ0v) is 5.77. The van der Waals surface area contributed by atoms with Gasteiger partial charge in [-0.05, 0) is 0 Å². The molecule has 0 spiro atoms. The van der Waals surface area contributed by atoms with Crippen molar-refractivity contribution in [2.24, 2.45) is 0 Å². The molecule has 0 aromatic carbocycles. The average Bonchev–Trinajstić information content (AvgIpc) is 1.41. The maximum atomic E-state index is 6.00. The van der Waals surface area contributed by atoms with Crippen molar-refractivity contribution in [3.8, 4) is 0 Å². The third kappa shape index (κ3) is 692. The predicted molar refractivity (Wildman–Crippen MR) is 25.5 cm³/mol. The molecule has 0 saturated carbocycles. The van der Waals surface area contributed by atoms with Gasteiger partial charge in [0.2, 0.25) is 0 Å². The summed E-state index contributed by atoms with van der Waals surface area (Å²) in [5.41, 5.74) is 0. The first kappa shape index (κ1) is 15.7. The molecule has 2 N–H and O–H groups in total. The van der Waals surface area contributed by atoms with Gasteiger partial charge in [0.25, 0.3) is 0 Å². The molecule has 3 heteroatoms. The van der Waals surface area contributed by atoms with Crippen molar-refractivity contribution in [3.05, 3.63) is 5.92 Å². The largest absolute Gasteiger partial charge is 0.323 e. The van der Waals surface area contributed by atoms with Crippen molar-refractivity contribution in [3.63, 3.8) is 0 Å². The zero-order chi connectivity index (χ0) is 5.58. The Bertz CT molecular complexity index is 14.4. The fourth-order valence-electron chi connectivity index (χ4n) is 0. The van der Waals surface area contributed by atoms with E-state index in [4.69, 9.17) is 10.5 Å². The summed E-state index contributed by atoms with van der Waals surface area (Å²) in [4.78, 5) is 0. The number of rotatable bonds is 0. The van der Waals surface area contributed by atoms with E-state index in [9.17, 15) is 0 Å². The van der Waals surface area contributed by atoms with Crippen LogP contribution in [0.1, 0.15) is 20.8 Å². The van der Waals surface area contributed by atoms with Gasteiger partial charge in [0.05, 0.1) is 0 Å². The summed E-state index contributed by atoms with van der Waals surface area (Å²) in [7, 11) is 0. The van der Waals surface area contributed by atoms with Gasteiger partial charge >= 0.3 is 0 Å². The summed E-state index contributed by atoms with van der Waals surface area (Å²) in [5, 5.41) is 12.0. The van der Waals surface area contributed by atoms with E-state index in [1.807, 2.05) is 0 Å². The van der Waals surface area contributed by atoms with Crippen molar-refractivity contribution >= 4 is 0 Å². The van der Waals surface area contributed by atoms with Crippen LogP contribution in [0.5, 0.6) is 0 Å². The topological polar surface area (TPSA) is 40.5 Å². The molecule has 0 aliphatic carbocycles. The molecule has 0 atom stereocenters. The van der Waals surface area contributed by atoms with E-state index < -0.39 is 0 Å². The molecule has 0 unspecified atom stereocenters. The molecule has 0 amide bonds. The molecule has 0 aromatic rings. The first-order chi connectivity index (χ1) is 2.73. The third-order valence-electron chi connectivity index (χ3n) is 0. The third-order valence-corrected chi connectivity index (χ3v) is 0. The summed E-state index contributed by atoms with van der Waals surface area (Å²) in [6.45, 7) is 6.25. The molecule has 0 aliphatic rings. The summed E-state index contributed by atoms with van der Waals surface area (Å²) < 4.78 is 0. The van der Waals surface area contributed by atoms with E-state index in [1.54, 1.807) is 0 Å². The van der Waals surface area contributed by atoms with Crippen molar-refractivity contribution in [2.75, 3.05) is 0 Å². The van der Waals surface area contributed by atoms with Gasteiger partial charge in [0.1, 0.15) is 0 Å². The van der Waals surface area contributed by atoms with Gasteiger partial charge in [-0.1, -0.05) is 0 Å². The molecule has 0 fully saturated rings. The molecule has 7 heavy (non-hydrogen) atoms. The first-order valence-electron chi connectivity index (χ1n) is 1.70. The second-order valence-electron chi connectivity index (χ2n) is 1.50. The summed E-state index contributed by atoms with van der Waals surface area (Å²) in [6.07, 6.45) is 0. The molecule has 0 aliphatic heterocycles. The molecule has 0 aromatic heterocycles. The van der Waals surface area contributed by atoms with Crippen LogP contribution >= 0.6 is 0 Å². The average molecular weight is 150 g/mol. The Balaban J connectivity index is -0.0000000480. The minimum Gasteiger partial charge on any atom is -0.323 e. The van der Waals surface area contributed by atoms with Gasteiger partial charge in [-0.3, -0.25) is 10.5 Å². The van der Waals surface area contributed by atoms with Crippen LogP contribution in [-0.2, 0) is 16.8 Å². The molecule has 0 rings (SSSR count). The van der Waals surface area contributed by atoms with Gasteiger partial charge in [0, 0.05) is 16.8 Å². The van der Waals surface area contributed by atoms with Gasteiger partial charge in [-0.25, -0.2) is 0 Å². The van der Waals surface area contributed by atoms with Crippen LogP contribution in [0.4, 0.5) is 0 Å². The summed E-state index contributed by atoms with van der Waals surface area (Å²) in [5.74, 6) is 1.42. The van der Waals surface area contributed by atoms with E-state index in [2.05, 4.69) is 20.8 Å². The minimum absolute atomic E-state index is 0. The van der Waals surface area contributed by atoms with Gasteiger partial charge < -0.3 is 5.92 Å². The number of hydrogen-bond donors (Lipinski definition) is 2. The molecule has 0 bridgehead atoms. The van der Waals surface area contributed by atoms with Crippen LogP contribution in [0, 0.1) is 5.92 Å². The van der Waals surface area contributed by atoms with E-state index in [0.717, 1.165) is 0 Å². The normalized spacial score (nSPS) is 6.00. The molecular weight excluding hydrogens is 139 g/mol. The van der Waals surface area contributed by atoms with E-state index in [-0.39, 0.29) is 16.8 Å². The smallest absolute Gasteiger partial charge is 0 e. The van der Waals surface area contributed by atoms with Crippen molar-refractivity contribution in [1.82, 2.24) is 0 Å². The monoisotopic (exact) mass is 150 g/mol. The van der Waals surface area contributed by atoms with Crippen LogP contribution in [0.2, 0.25) is 0 Å². The van der Waals surface area contributed by atoms with Crippen LogP contribution in [0.3, 0.4) is 0 Å². The van der Waals surface area contributed by atoms with Crippen LogP contribution in [0.25, 0.3) is 0 Å². The SMILES string of the molecule is C[C-](C)C.OO.[Co]. The Kier molecular flexibility index (Phi) is 36.0. The Morgan fingerprint density at radius 1 is 1.00 bits per heavy atom. The van der Waals surface area contributed by atoms with Crippen LogP contribution in [0.15, 0.2) is 0 Å². The fourth-order valence-corrected chi connectivity index (χ4v) is 0. The van der Waals surface area contributed by atoms with E-state index in [0.29, 0.717) is 0 Å². The molecular formula is C4H11CoO2-.